The molecule has 8 aromatic rings. The van der Waals surface area contributed by atoms with Gasteiger partial charge in [-0.15, -0.1) is 0 Å². The minimum Gasteiger partial charge on any atom is -0.450 e. The van der Waals surface area contributed by atoms with Crippen molar-refractivity contribution in [2.75, 3.05) is 4.90 Å². The highest BCUT2D eigenvalue weighted by atomic mass is 16.6. The molecular formula is C49H31NO4. The quantitative estimate of drug-likeness (QED) is 0.179. The van der Waals surface area contributed by atoms with Gasteiger partial charge in [-0.1, -0.05) is 121 Å². The summed E-state index contributed by atoms with van der Waals surface area (Å²) in [6, 6.07) is 64.9. The van der Waals surface area contributed by atoms with Crippen LogP contribution in [0.1, 0.15) is 22.3 Å². The molecule has 11 rings (SSSR count). The molecule has 3 aliphatic rings. The van der Waals surface area contributed by atoms with Gasteiger partial charge >= 0.3 is 0 Å². The lowest BCUT2D eigenvalue weighted by atomic mass is 9.67. The molecule has 0 saturated heterocycles. The highest BCUT2D eigenvalue weighted by Gasteiger charge is 2.46. The minimum atomic E-state index is -0.568. The summed E-state index contributed by atoms with van der Waals surface area (Å²) in [5.41, 5.74) is 9.35. The summed E-state index contributed by atoms with van der Waals surface area (Å²) >= 11 is 0. The van der Waals surface area contributed by atoms with Crippen molar-refractivity contribution in [2.45, 2.75) is 5.41 Å². The van der Waals surface area contributed by atoms with Crippen molar-refractivity contribution >= 4 is 17.1 Å². The van der Waals surface area contributed by atoms with Crippen LogP contribution in [0.3, 0.4) is 0 Å². The van der Waals surface area contributed by atoms with E-state index in [-0.39, 0.29) is 0 Å². The predicted octanol–water partition coefficient (Wildman–Crippen LogP) is 13.3. The summed E-state index contributed by atoms with van der Waals surface area (Å²) in [4.78, 5) is 2.23. The molecule has 0 unspecified atom stereocenters. The van der Waals surface area contributed by atoms with Crippen LogP contribution >= 0.6 is 0 Å². The summed E-state index contributed by atoms with van der Waals surface area (Å²) in [7, 11) is 0. The lowest BCUT2D eigenvalue weighted by Crippen LogP contribution is -2.28. The average Bonchev–Trinajstić information content (AvgIpc) is 3.53. The molecule has 0 bridgehead atoms. The molecule has 2 aliphatic heterocycles. The molecule has 5 heteroatoms. The van der Waals surface area contributed by atoms with Gasteiger partial charge < -0.3 is 23.8 Å². The van der Waals surface area contributed by atoms with Crippen LogP contribution in [0.25, 0.3) is 11.1 Å². The van der Waals surface area contributed by atoms with Crippen LogP contribution in [0.2, 0.25) is 0 Å². The van der Waals surface area contributed by atoms with Crippen LogP contribution in [0.15, 0.2) is 188 Å². The first-order valence-corrected chi connectivity index (χ1v) is 18.1. The van der Waals surface area contributed by atoms with Crippen molar-refractivity contribution in [3.8, 4) is 57.1 Å². The van der Waals surface area contributed by atoms with E-state index in [0.29, 0.717) is 46.0 Å². The maximum Gasteiger partial charge on any atom is 0.194 e. The molecule has 5 nitrogen and oxygen atoms in total. The zero-order valence-corrected chi connectivity index (χ0v) is 29.0. The lowest BCUT2D eigenvalue weighted by molar-refractivity contribution is 0.359. The molecule has 0 atom stereocenters. The van der Waals surface area contributed by atoms with E-state index in [1.807, 2.05) is 72.8 Å². The standard InChI is InChI=1S/C49H31NO4/c1-3-14-32(15-4-1)49(33-16-5-2-6-17-33)38-19-8-7-18-36(38)37-28-26-34(30-39(37)49)50(35-27-29-45-47(31-35)53-42-22-10-9-21-41(42)51-45)40-20-13-25-46-48(40)54-44-24-12-11-23-43(44)52-46/h1-31H. The first-order valence-electron chi connectivity index (χ1n) is 18.1. The zero-order valence-electron chi connectivity index (χ0n) is 29.0. The van der Waals surface area contributed by atoms with Crippen molar-refractivity contribution in [3.05, 3.63) is 210 Å². The van der Waals surface area contributed by atoms with E-state index in [9.17, 15) is 0 Å². The summed E-state index contributed by atoms with van der Waals surface area (Å²) < 4.78 is 25.9. The maximum atomic E-state index is 6.69. The fourth-order valence-corrected chi connectivity index (χ4v) is 8.36. The van der Waals surface area contributed by atoms with Gasteiger partial charge in [0.25, 0.3) is 0 Å². The molecule has 2 heterocycles. The minimum absolute atomic E-state index is 0.568. The highest BCUT2D eigenvalue weighted by molar-refractivity contribution is 5.91. The van der Waals surface area contributed by atoms with Crippen LogP contribution < -0.4 is 23.8 Å². The lowest BCUT2D eigenvalue weighted by Gasteiger charge is -2.35. The van der Waals surface area contributed by atoms with Gasteiger partial charge in [0.15, 0.2) is 46.0 Å². The Labute approximate surface area is 312 Å². The molecule has 0 fully saturated rings. The van der Waals surface area contributed by atoms with E-state index < -0.39 is 5.41 Å². The Hall–Kier alpha value is -7.24. The molecule has 0 aromatic heterocycles. The van der Waals surface area contributed by atoms with E-state index in [1.54, 1.807) is 0 Å². The Morgan fingerprint density at radius 1 is 0.333 bits per heavy atom. The first kappa shape index (κ1) is 30.4. The molecule has 0 spiro atoms. The molecule has 0 amide bonds. The number of ether oxygens (including phenoxy) is 4. The molecule has 0 radical (unpaired) electrons. The van der Waals surface area contributed by atoms with Gasteiger partial charge in [-0.3, -0.25) is 0 Å². The molecular weight excluding hydrogens is 667 g/mol. The van der Waals surface area contributed by atoms with E-state index in [1.165, 1.54) is 33.4 Å². The fraction of sp³-hybridized carbons (Fsp3) is 0.0204. The number of benzene rings is 8. The molecule has 1 aliphatic carbocycles. The van der Waals surface area contributed by atoms with Crippen molar-refractivity contribution in [1.82, 2.24) is 0 Å². The van der Waals surface area contributed by atoms with Crippen molar-refractivity contribution < 1.29 is 18.9 Å². The third kappa shape index (κ3) is 4.52. The maximum absolute atomic E-state index is 6.69. The molecule has 8 aromatic carbocycles. The summed E-state index contributed by atoms with van der Waals surface area (Å²) in [6.45, 7) is 0. The van der Waals surface area contributed by atoms with Crippen LogP contribution in [0.5, 0.6) is 46.0 Å². The first-order chi connectivity index (χ1) is 26.8. The SMILES string of the molecule is c1ccc(C2(c3ccccc3)c3ccccc3-c3ccc(N(c4ccc5c(c4)Oc4ccccc4O5)c4cccc5c4Oc4ccccc4O5)cc32)cc1. The summed E-state index contributed by atoms with van der Waals surface area (Å²) in [5, 5.41) is 0. The van der Waals surface area contributed by atoms with Crippen molar-refractivity contribution in [2.24, 2.45) is 0 Å². The zero-order chi connectivity index (χ0) is 35.6. The Morgan fingerprint density at radius 2 is 0.833 bits per heavy atom. The predicted molar refractivity (Wildman–Crippen MR) is 212 cm³/mol. The number of para-hydroxylation sites is 5. The van der Waals surface area contributed by atoms with Crippen LogP contribution in [0, 0.1) is 0 Å². The van der Waals surface area contributed by atoms with Gasteiger partial charge in [0.2, 0.25) is 0 Å². The van der Waals surface area contributed by atoms with Crippen LogP contribution in [-0.4, -0.2) is 0 Å². The Bertz CT molecular complexity index is 2700. The van der Waals surface area contributed by atoms with Crippen LogP contribution in [-0.2, 0) is 5.41 Å². The third-order valence-electron chi connectivity index (χ3n) is 10.7. The number of anilines is 3. The topological polar surface area (TPSA) is 40.2 Å². The molecule has 0 saturated carbocycles. The van der Waals surface area contributed by atoms with Crippen molar-refractivity contribution in [3.63, 3.8) is 0 Å². The fourth-order valence-electron chi connectivity index (χ4n) is 8.36. The second-order valence-electron chi connectivity index (χ2n) is 13.6. The molecule has 256 valence electrons. The second kappa shape index (κ2) is 11.9. The average molecular weight is 698 g/mol. The number of fused-ring (bicyclic) bond motifs is 7. The van der Waals surface area contributed by atoms with E-state index in [4.69, 9.17) is 18.9 Å². The monoisotopic (exact) mass is 697 g/mol. The van der Waals surface area contributed by atoms with Gasteiger partial charge in [-0.05, 0) is 94.0 Å². The number of rotatable bonds is 5. The Balaban J connectivity index is 1.16. The number of hydrogen-bond donors (Lipinski definition) is 0. The number of hydrogen-bond acceptors (Lipinski definition) is 5. The van der Waals surface area contributed by atoms with Gasteiger partial charge in [0.05, 0.1) is 16.8 Å². The van der Waals surface area contributed by atoms with Gasteiger partial charge in [-0.25, -0.2) is 0 Å². The molecule has 54 heavy (non-hydrogen) atoms. The van der Waals surface area contributed by atoms with Crippen LogP contribution in [0.4, 0.5) is 17.1 Å². The van der Waals surface area contributed by atoms with Gasteiger partial charge in [0.1, 0.15) is 0 Å². The highest BCUT2D eigenvalue weighted by Crippen LogP contribution is 2.59. The number of nitrogens with zero attached hydrogens (tertiary/aromatic N) is 1. The van der Waals surface area contributed by atoms with E-state index in [0.717, 1.165) is 17.1 Å². The van der Waals surface area contributed by atoms with E-state index in [2.05, 4.69) is 120 Å². The summed E-state index contributed by atoms with van der Waals surface area (Å²) in [6.07, 6.45) is 0. The normalized spacial score (nSPS) is 13.6. The third-order valence-corrected chi connectivity index (χ3v) is 10.7. The van der Waals surface area contributed by atoms with Crippen molar-refractivity contribution in [1.29, 1.82) is 0 Å². The van der Waals surface area contributed by atoms with Gasteiger partial charge in [-0.2, -0.15) is 0 Å². The smallest absolute Gasteiger partial charge is 0.194 e. The summed E-state index contributed by atoms with van der Waals surface area (Å²) in [5.74, 6) is 5.23. The van der Waals surface area contributed by atoms with E-state index >= 15 is 0 Å². The second-order valence-corrected chi connectivity index (χ2v) is 13.6. The molecule has 0 N–H and O–H groups in total. The van der Waals surface area contributed by atoms with Gasteiger partial charge in [0, 0.05) is 11.8 Å². The Kier molecular flexibility index (Phi) is 6.70. The Morgan fingerprint density at radius 3 is 1.54 bits per heavy atom. The largest absolute Gasteiger partial charge is 0.450 e.